The predicted molar refractivity (Wildman–Crippen MR) is 74.5 cm³/mol. The summed E-state index contributed by atoms with van der Waals surface area (Å²) in [6.45, 7) is 9.01. The average molecular weight is 246 g/mol. The highest BCUT2D eigenvalue weighted by molar-refractivity contribution is 5.72. The van der Waals surface area contributed by atoms with Crippen LogP contribution >= 0.6 is 0 Å². The second-order valence-electron chi connectivity index (χ2n) is 5.71. The maximum absolute atomic E-state index is 6.14. The summed E-state index contributed by atoms with van der Waals surface area (Å²) in [5, 5.41) is 0. The average Bonchev–Trinajstić information content (AvgIpc) is 2.54. The van der Waals surface area contributed by atoms with Gasteiger partial charge in [-0.25, -0.2) is 9.97 Å². The molecule has 0 unspecified atom stereocenters. The van der Waals surface area contributed by atoms with Gasteiger partial charge in [-0.2, -0.15) is 0 Å². The summed E-state index contributed by atoms with van der Waals surface area (Å²) in [6, 6.07) is 2.08. The molecule has 2 N–H and O–H groups in total. The van der Waals surface area contributed by atoms with Crippen LogP contribution in [0.1, 0.15) is 38.6 Å². The molecule has 0 aliphatic heterocycles. The summed E-state index contributed by atoms with van der Waals surface area (Å²) in [6.07, 6.45) is 3.93. The van der Waals surface area contributed by atoms with Crippen molar-refractivity contribution in [1.82, 2.24) is 14.5 Å². The fraction of sp³-hybridized carbons (Fsp3) is 0.571. The third-order valence-corrected chi connectivity index (χ3v) is 2.84. The number of fused-ring (bicyclic) bond motifs is 1. The quantitative estimate of drug-likeness (QED) is 0.901. The van der Waals surface area contributed by atoms with E-state index in [1.807, 2.05) is 27.0 Å². The molecule has 0 radical (unpaired) electrons. The van der Waals surface area contributed by atoms with Crippen LogP contribution in [0.2, 0.25) is 0 Å². The number of nitrogens with two attached hydrogens (primary N) is 1. The first kappa shape index (κ1) is 13.0. The Morgan fingerprint density at radius 1 is 1.39 bits per heavy atom. The first-order valence-corrected chi connectivity index (χ1v) is 6.51. The molecule has 0 bridgehead atoms. The molecule has 0 aromatic carbocycles. The Labute approximate surface area is 108 Å². The minimum absolute atomic E-state index is 0.261. The van der Waals surface area contributed by atoms with E-state index in [4.69, 9.17) is 10.7 Å². The van der Waals surface area contributed by atoms with Gasteiger partial charge in [0.15, 0.2) is 5.65 Å². The highest BCUT2D eigenvalue weighted by Crippen LogP contribution is 2.18. The van der Waals surface area contributed by atoms with Gasteiger partial charge < -0.3 is 10.3 Å². The molecule has 0 saturated carbocycles. The minimum Gasteiger partial charge on any atom is -0.324 e. The number of aromatic nitrogens is 3. The van der Waals surface area contributed by atoms with Gasteiger partial charge >= 0.3 is 0 Å². The fourth-order valence-corrected chi connectivity index (χ4v) is 2.15. The normalized spacial score (nSPS) is 12.3. The summed E-state index contributed by atoms with van der Waals surface area (Å²) in [7, 11) is 0. The predicted octanol–water partition coefficient (Wildman–Crippen LogP) is 2.43. The summed E-state index contributed by atoms with van der Waals surface area (Å²) in [4.78, 5) is 9.20. The topological polar surface area (TPSA) is 56.7 Å². The largest absolute Gasteiger partial charge is 0.324 e. The van der Waals surface area contributed by atoms with Gasteiger partial charge in [0.25, 0.3) is 0 Å². The maximum atomic E-state index is 6.14. The molecule has 2 rings (SSSR count). The van der Waals surface area contributed by atoms with E-state index < -0.39 is 0 Å². The SMILES string of the molecule is CCCc1nc2cc(C)cnc2n1CC(C)(C)N. The molecule has 0 aliphatic rings. The molecule has 2 aromatic rings. The van der Waals surface area contributed by atoms with E-state index >= 15 is 0 Å². The molecule has 0 saturated heterocycles. The smallest absolute Gasteiger partial charge is 0.160 e. The second-order valence-corrected chi connectivity index (χ2v) is 5.71. The maximum Gasteiger partial charge on any atom is 0.160 e. The molecule has 18 heavy (non-hydrogen) atoms. The van der Waals surface area contributed by atoms with Crippen molar-refractivity contribution in [2.24, 2.45) is 5.73 Å². The zero-order chi connectivity index (χ0) is 13.3. The van der Waals surface area contributed by atoms with Gasteiger partial charge in [0.05, 0.1) is 0 Å². The van der Waals surface area contributed by atoms with Crippen LogP contribution in [-0.4, -0.2) is 20.1 Å². The lowest BCUT2D eigenvalue weighted by atomic mass is 10.1. The van der Waals surface area contributed by atoms with E-state index in [-0.39, 0.29) is 5.54 Å². The van der Waals surface area contributed by atoms with Crippen molar-refractivity contribution in [3.05, 3.63) is 23.7 Å². The van der Waals surface area contributed by atoms with Gasteiger partial charge in [0, 0.05) is 24.7 Å². The van der Waals surface area contributed by atoms with Crippen molar-refractivity contribution < 1.29 is 0 Å². The van der Waals surface area contributed by atoms with Crippen LogP contribution in [0.4, 0.5) is 0 Å². The molecule has 0 atom stereocenters. The van der Waals surface area contributed by atoms with Gasteiger partial charge in [0.1, 0.15) is 11.3 Å². The Hall–Kier alpha value is -1.42. The highest BCUT2D eigenvalue weighted by Gasteiger charge is 2.18. The molecule has 0 amide bonds. The van der Waals surface area contributed by atoms with Crippen LogP contribution in [0, 0.1) is 6.92 Å². The molecular weight excluding hydrogens is 224 g/mol. The molecule has 4 heteroatoms. The summed E-state index contributed by atoms with van der Waals surface area (Å²) in [5.41, 5.74) is 8.94. The van der Waals surface area contributed by atoms with Crippen LogP contribution < -0.4 is 5.73 Å². The lowest BCUT2D eigenvalue weighted by Gasteiger charge is -2.20. The Kier molecular flexibility index (Phi) is 3.39. The van der Waals surface area contributed by atoms with Gasteiger partial charge in [-0.05, 0) is 38.8 Å². The van der Waals surface area contributed by atoms with E-state index in [0.29, 0.717) is 0 Å². The summed E-state index contributed by atoms with van der Waals surface area (Å²) in [5.74, 6) is 1.09. The van der Waals surface area contributed by atoms with Gasteiger partial charge in [-0.15, -0.1) is 0 Å². The standard InChI is InChI=1S/C14H22N4/c1-5-6-12-17-11-7-10(2)8-16-13(11)18(12)9-14(3,4)15/h7-8H,5-6,9,15H2,1-4H3. The van der Waals surface area contributed by atoms with Crippen molar-refractivity contribution in [2.45, 2.75) is 52.6 Å². The first-order chi connectivity index (χ1) is 8.40. The summed E-state index contributed by atoms with van der Waals surface area (Å²) >= 11 is 0. The van der Waals surface area contributed by atoms with Crippen LogP contribution in [-0.2, 0) is 13.0 Å². The molecule has 0 fully saturated rings. The lowest BCUT2D eigenvalue weighted by molar-refractivity contribution is 0.429. The molecule has 4 nitrogen and oxygen atoms in total. The van der Waals surface area contributed by atoms with Crippen LogP contribution in [0.15, 0.2) is 12.3 Å². The van der Waals surface area contributed by atoms with Crippen molar-refractivity contribution >= 4 is 11.2 Å². The van der Waals surface area contributed by atoms with E-state index in [9.17, 15) is 0 Å². The van der Waals surface area contributed by atoms with Crippen molar-refractivity contribution in [1.29, 1.82) is 0 Å². The molecular formula is C14H22N4. The van der Waals surface area contributed by atoms with Crippen molar-refractivity contribution in [2.75, 3.05) is 0 Å². The zero-order valence-electron chi connectivity index (χ0n) is 11.7. The Balaban J connectivity index is 2.55. The number of hydrogen-bond acceptors (Lipinski definition) is 3. The fourth-order valence-electron chi connectivity index (χ4n) is 2.15. The van der Waals surface area contributed by atoms with E-state index in [0.717, 1.165) is 41.9 Å². The van der Waals surface area contributed by atoms with Gasteiger partial charge in [-0.1, -0.05) is 6.92 Å². The number of aryl methyl sites for hydroxylation is 2. The Morgan fingerprint density at radius 2 is 2.11 bits per heavy atom. The highest BCUT2D eigenvalue weighted by atomic mass is 15.1. The number of hydrogen-bond donors (Lipinski definition) is 1. The van der Waals surface area contributed by atoms with E-state index in [1.54, 1.807) is 0 Å². The molecule has 98 valence electrons. The zero-order valence-corrected chi connectivity index (χ0v) is 11.7. The third-order valence-electron chi connectivity index (χ3n) is 2.84. The Bertz CT molecular complexity index is 549. The summed E-state index contributed by atoms with van der Waals surface area (Å²) < 4.78 is 2.16. The number of rotatable bonds is 4. The lowest BCUT2D eigenvalue weighted by Crippen LogP contribution is -2.37. The van der Waals surface area contributed by atoms with Crippen LogP contribution in [0.5, 0.6) is 0 Å². The van der Waals surface area contributed by atoms with Crippen LogP contribution in [0.3, 0.4) is 0 Å². The van der Waals surface area contributed by atoms with Gasteiger partial charge in [-0.3, -0.25) is 0 Å². The number of pyridine rings is 1. The van der Waals surface area contributed by atoms with Crippen LogP contribution in [0.25, 0.3) is 11.2 Å². The molecule has 0 spiro atoms. The monoisotopic (exact) mass is 246 g/mol. The second kappa shape index (κ2) is 4.69. The first-order valence-electron chi connectivity index (χ1n) is 6.51. The Morgan fingerprint density at radius 3 is 2.72 bits per heavy atom. The molecule has 2 aromatic heterocycles. The van der Waals surface area contributed by atoms with E-state index in [1.165, 1.54) is 0 Å². The molecule has 2 heterocycles. The van der Waals surface area contributed by atoms with Crippen molar-refractivity contribution in [3.63, 3.8) is 0 Å². The number of imidazole rings is 1. The van der Waals surface area contributed by atoms with Gasteiger partial charge in [0.2, 0.25) is 0 Å². The van der Waals surface area contributed by atoms with E-state index in [2.05, 4.69) is 22.5 Å². The minimum atomic E-state index is -0.261. The molecule has 0 aliphatic carbocycles. The van der Waals surface area contributed by atoms with Crippen molar-refractivity contribution in [3.8, 4) is 0 Å². The number of nitrogens with zero attached hydrogens (tertiary/aromatic N) is 3. The third kappa shape index (κ3) is 2.70.